The van der Waals surface area contributed by atoms with E-state index in [2.05, 4.69) is 45.3 Å². The third kappa shape index (κ3) is 2.18. The maximum absolute atomic E-state index is 4.65. The summed E-state index contributed by atoms with van der Waals surface area (Å²) in [6.07, 6.45) is 1.94. The summed E-state index contributed by atoms with van der Waals surface area (Å²) in [6, 6.07) is 6.91. The van der Waals surface area contributed by atoms with Gasteiger partial charge in [0.05, 0.1) is 5.69 Å². The summed E-state index contributed by atoms with van der Waals surface area (Å²) >= 11 is 0. The van der Waals surface area contributed by atoms with Crippen molar-refractivity contribution in [3.8, 4) is 0 Å². The van der Waals surface area contributed by atoms with Crippen LogP contribution >= 0.6 is 0 Å². The number of nitrogens with one attached hydrogen (secondary N) is 2. The third-order valence-electron chi connectivity index (χ3n) is 3.47. The molecule has 17 heavy (non-hydrogen) atoms. The Morgan fingerprint density at radius 3 is 3.24 bits per heavy atom. The molecule has 4 heteroatoms. The van der Waals surface area contributed by atoms with Crippen molar-refractivity contribution in [1.82, 2.24) is 20.2 Å². The lowest BCUT2D eigenvalue weighted by Gasteiger charge is -2.33. The van der Waals surface area contributed by atoms with Gasteiger partial charge in [-0.1, -0.05) is 0 Å². The monoisotopic (exact) mass is 230 g/mol. The molecule has 90 valence electrons. The Bertz CT molecular complexity index is 505. The Morgan fingerprint density at radius 1 is 1.41 bits per heavy atom. The number of pyridine rings is 1. The minimum atomic E-state index is 0.588. The first-order chi connectivity index (χ1) is 8.33. The highest BCUT2D eigenvalue weighted by Crippen LogP contribution is 2.13. The van der Waals surface area contributed by atoms with Gasteiger partial charge in [0.1, 0.15) is 5.65 Å². The van der Waals surface area contributed by atoms with Crippen molar-refractivity contribution >= 4 is 11.0 Å². The Morgan fingerprint density at radius 2 is 2.35 bits per heavy atom. The van der Waals surface area contributed by atoms with Crippen LogP contribution in [0, 0.1) is 0 Å². The molecule has 1 fully saturated rings. The van der Waals surface area contributed by atoms with Gasteiger partial charge < -0.3 is 10.3 Å². The minimum absolute atomic E-state index is 0.588. The maximum Gasteiger partial charge on any atom is 0.137 e. The molecule has 3 rings (SSSR count). The van der Waals surface area contributed by atoms with Crippen LogP contribution in [0.5, 0.6) is 0 Å². The Kier molecular flexibility index (Phi) is 2.82. The maximum atomic E-state index is 4.65. The fourth-order valence-corrected chi connectivity index (χ4v) is 2.38. The molecule has 0 saturated carbocycles. The third-order valence-corrected chi connectivity index (χ3v) is 3.47. The zero-order valence-electron chi connectivity index (χ0n) is 10.1. The first-order valence-electron chi connectivity index (χ1n) is 6.21. The van der Waals surface area contributed by atoms with Crippen LogP contribution in [0.25, 0.3) is 11.0 Å². The molecule has 1 atom stereocenters. The van der Waals surface area contributed by atoms with Gasteiger partial charge in [-0.15, -0.1) is 0 Å². The summed E-state index contributed by atoms with van der Waals surface area (Å²) in [6.45, 7) is 6.46. The molecule has 3 heterocycles. The molecule has 1 saturated heterocycles. The van der Waals surface area contributed by atoms with E-state index in [0.29, 0.717) is 6.04 Å². The van der Waals surface area contributed by atoms with Gasteiger partial charge in [-0.05, 0) is 25.1 Å². The van der Waals surface area contributed by atoms with Crippen LogP contribution in [0.4, 0.5) is 0 Å². The second-order valence-corrected chi connectivity index (χ2v) is 4.74. The number of aromatic nitrogens is 2. The van der Waals surface area contributed by atoms with Crippen LogP contribution in [0.2, 0.25) is 0 Å². The van der Waals surface area contributed by atoms with Gasteiger partial charge in [0, 0.05) is 43.8 Å². The molecule has 0 bridgehead atoms. The number of hydrogen-bond donors (Lipinski definition) is 2. The Hall–Kier alpha value is -1.39. The molecule has 4 nitrogen and oxygen atoms in total. The van der Waals surface area contributed by atoms with Crippen molar-refractivity contribution < 1.29 is 0 Å². The van der Waals surface area contributed by atoms with Crippen LogP contribution < -0.4 is 5.32 Å². The normalized spacial score (nSPS) is 22.1. The largest absolute Gasteiger partial charge is 0.346 e. The molecule has 0 radical (unpaired) electrons. The van der Waals surface area contributed by atoms with E-state index in [1.807, 2.05) is 6.20 Å². The van der Waals surface area contributed by atoms with Crippen LogP contribution in [0.3, 0.4) is 0 Å². The number of nitrogens with zero attached hydrogens (tertiary/aromatic N) is 2. The van der Waals surface area contributed by atoms with E-state index in [4.69, 9.17) is 0 Å². The van der Waals surface area contributed by atoms with E-state index in [1.54, 1.807) is 0 Å². The number of aromatic amines is 1. The van der Waals surface area contributed by atoms with Crippen LogP contribution in [-0.4, -0.2) is 40.5 Å². The number of piperazine rings is 1. The van der Waals surface area contributed by atoms with E-state index < -0.39 is 0 Å². The molecular formula is C13H18N4. The van der Waals surface area contributed by atoms with Gasteiger partial charge >= 0.3 is 0 Å². The Labute approximate surface area is 101 Å². The molecule has 2 aromatic rings. The van der Waals surface area contributed by atoms with Gasteiger partial charge in [-0.25, -0.2) is 4.98 Å². The number of fused-ring (bicyclic) bond motifs is 1. The van der Waals surface area contributed by atoms with Crippen LogP contribution in [0.15, 0.2) is 24.4 Å². The average Bonchev–Trinajstić information content (AvgIpc) is 2.79. The summed E-state index contributed by atoms with van der Waals surface area (Å²) < 4.78 is 0. The van der Waals surface area contributed by atoms with E-state index in [9.17, 15) is 0 Å². The summed E-state index contributed by atoms with van der Waals surface area (Å²) in [7, 11) is 0. The summed E-state index contributed by atoms with van der Waals surface area (Å²) in [4.78, 5) is 10.3. The predicted octanol–water partition coefficient (Wildman–Crippen LogP) is 1.36. The SMILES string of the molecule is C[C@@H]1CNCCN1Cc1ccc2cc[nH]c2n1. The zero-order valence-corrected chi connectivity index (χ0v) is 10.1. The molecular weight excluding hydrogens is 212 g/mol. The van der Waals surface area contributed by atoms with E-state index in [0.717, 1.165) is 37.5 Å². The smallest absolute Gasteiger partial charge is 0.137 e. The summed E-state index contributed by atoms with van der Waals surface area (Å²) in [5, 5.41) is 4.59. The van der Waals surface area contributed by atoms with Gasteiger partial charge in [0.2, 0.25) is 0 Å². The highest BCUT2D eigenvalue weighted by atomic mass is 15.2. The van der Waals surface area contributed by atoms with Crippen molar-refractivity contribution in [2.75, 3.05) is 19.6 Å². The van der Waals surface area contributed by atoms with Gasteiger partial charge in [-0.3, -0.25) is 4.90 Å². The predicted molar refractivity (Wildman–Crippen MR) is 68.8 cm³/mol. The van der Waals surface area contributed by atoms with Crippen LogP contribution in [-0.2, 0) is 6.54 Å². The lowest BCUT2D eigenvalue weighted by Crippen LogP contribution is -2.49. The van der Waals surface area contributed by atoms with E-state index in [-0.39, 0.29) is 0 Å². The first kappa shape index (κ1) is 10.7. The van der Waals surface area contributed by atoms with Crippen molar-refractivity contribution in [1.29, 1.82) is 0 Å². The van der Waals surface area contributed by atoms with Crippen molar-refractivity contribution in [3.63, 3.8) is 0 Å². The fourth-order valence-electron chi connectivity index (χ4n) is 2.38. The first-order valence-corrected chi connectivity index (χ1v) is 6.21. The standard InChI is InChI=1S/C13H18N4/c1-10-8-14-6-7-17(10)9-12-3-2-11-4-5-15-13(11)16-12/h2-5,10,14H,6-9H2,1H3,(H,15,16)/t10-/m1/s1. The lowest BCUT2D eigenvalue weighted by molar-refractivity contribution is 0.164. The molecule has 1 aliphatic heterocycles. The molecule has 2 N–H and O–H groups in total. The number of rotatable bonds is 2. The summed E-state index contributed by atoms with van der Waals surface area (Å²) in [5.41, 5.74) is 2.14. The van der Waals surface area contributed by atoms with Gasteiger partial charge in [0.25, 0.3) is 0 Å². The molecule has 2 aromatic heterocycles. The van der Waals surface area contributed by atoms with Crippen molar-refractivity contribution in [3.05, 3.63) is 30.1 Å². The second-order valence-electron chi connectivity index (χ2n) is 4.74. The number of hydrogen-bond acceptors (Lipinski definition) is 3. The minimum Gasteiger partial charge on any atom is -0.346 e. The molecule has 0 aliphatic carbocycles. The van der Waals surface area contributed by atoms with Gasteiger partial charge in [-0.2, -0.15) is 0 Å². The van der Waals surface area contributed by atoms with E-state index in [1.165, 1.54) is 5.39 Å². The molecule has 0 amide bonds. The Balaban J connectivity index is 1.79. The van der Waals surface area contributed by atoms with Crippen LogP contribution in [0.1, 0.15) is 12.6 Å². The fraction of sp³-hybridized carbons (Fsp3) is 0.462. The molecule has 0 spiro atoms. The lowest BCUT2D eigenvalue weighted by atomic mass is 10.2. The molecule has 0 unspecified atom stereocenters. The number of H-pyrrole nitrogens is 1. The zero-order chi connectivity index (χ0) is 11.7. The second kappa shape index (κ2) is 4.47. The van der Waals surface area contributed by atoms with Gasteiger partial charge in [0.15, 0.2) is 0 Å². The summed E-state index contributed by atoms with van der Waals surface area (Å²) in [5.74, 6) is 0. The highest BCUT2D eigenvalue weighted by Gasteiger charge is 2.18. The van der Waals surface area contributed by atoms with Crippen molar-refractivity contribution in [2.45, 2.75) is 19.5 Å². The molecule has 0 aromatic carbocycles. The molecule has 1 aliphatic rings. The topological polar surface area (TPSA) is 44.0 Å². The quantitative estimate of drug-likeness (QED) is 0.818. The van der Waals surface area contributed by atoms with Crippen molar-refractivity contribution in [2.24, 2.45) is 0 Å². The average molecular weight is 230 g/mol. The van der Waals surface area contributed by atoms with E-state index >= 15 is 0 Å². The highest BCUT2D eigenvalue weighted by molar-refractivity contribution is 5.75.